The van der Waals surface area contributed by atoms with Gasteiger partial charge in [0.2, 0.25) is 0 Å². The SMILES string of the molecule is Cl.OCCC/C(=C(\c1ccc(O)cc1)c1ccc(OCCN2CCC3(CCNC3)C2)cc1)c1ccccc1. The van der Waals surface area contributed by atoms with Crippen molar-refractivity contribution >= 4 is 23.6 Å². The number of rotatable bonds is 10. The number of phenolic OH excluding ortho intramolecular Hbond substituents is 1. The number of aliphatic hydroxyl groups excluding tert-OH is 1. The van der Waals surface area contributed by atoms with E-state index in [2.05, 4.69) is 46.6 Å². The molecule has 0 aliphatic carbocycles. The van der Waals surface area contributed by atoms with Crippen LogP contribution in [0.5, 0.6) is 11.5 Å². The summed E-state index contributed by atoms with van der Waals surface area (Å²) in [4.78, 5) is 2.54. The highest BCUT2D eigenvalue weighted by Gasteiger charge is 2.39. The Bertz CT molecular complexity index is 1170. The van der Waals surface area contributed by atoms with Crippen LogP contribution in [0.15, 0.2) is 78.9 Å². The zero-order valence-electron chi connectivity index (χ0n) is 21.9. The normalized spacial score (nSPS) is 19.8. The Balaban J connectivity index is 0.00000336. The smallest absolute Gasteiger partial charge is 0.119 e. The van der Waals surface area contributed by atoms with Crippen molar-refractivity contribution in [3.05, 3.63) is 95.6 Å². The molecule has 2 aliphatic rings. The maximum absolute atomic E-state index is 9.89. The largest absolute Gasteiger partial charge is 0.508 e. The summed E-state index contributed by atoms with van der Waals surface area (Å²) >= 11 is 0. The maximum Gasteiger partial charge on any atom is 0.119 e. The van der Waals surface area contributed by atoms with Crippen LogP contribution in [-0.2, 0) is 0 Å². The summed E-state index contributed by atoms with van der Waals surface area (Å²) in [5.41, 5.74) is 6.04. The number of nitrogens with zero attached hydrogens (tertiary/aromatic N) is 1. The predicted octanol–water partition coefficient (Wildman–Crippen LogP) is 5.61. The van der Waals surface area contributed by atoms with Crippen molar-refractivity contribution in [1.82, 2.24) is 10.2 Å². The van der Waals surface area contributed by atoms with Gasteiger partial charge in [-0.2, -0.15) is 0 Å². The third kappa shape index (κ3) is 6.78. The van der Waals surface area contributed by atoms with Crippen LogP contribution in [0, 0.1) is 5.41 Å². The molecule has 1 spiro atoms. The van der Waals surface area contributed by atoms with Crippen molar-refractivity contribution < 1.29 is 14.9 Å². The van der Waals surface area contributed by atoms with Gasteiger partial charge in [-0.1, -0.05) is 54.6 Å². The number of likely N-dealkylation sites (tertiary alicyclic amines) is 1. The molecule has 1 atom stereocenters. The molecule has 2 heterocycles. The van der Waals surface area contributed by atoms with E-state index in [-0.39, 0.29) is 24.8 Å². The van der Waals surface area contributed by atoms with Crippen molar-refractivity contribution in [3.63, 3.8) is 0 Å². The molecule has 3 N–H and O–H groups in total. The van der Waals surface area contributed by atoms with E-state index < -0.39 is 0 Å². The summed E-state index contributed by atoms with van der Waals surface area (Å²) in [6.45, 7) is 6.45. The van der Waals surface area contributed by atoms with E-state index in [1.807, 2.05) is 30.3 Å². The quantitative estimate of drug-likeness (QED) is 0.295. The number of halogens is 1. The molecular weight excluding hydrogens is 496 g/mol. The molecule has 6 heteroatoms. The van der Waals surface area contributed by atoms with Crippen LogP contribution < -0.4 is 10.1 Å². The molecule has 38 heavy (non-hydrogen) atoms. The Morgan fingerprint density at radius 3 is 2.26 bits per heavy atom. The van der Waals surface area contributed by atoms with Crippen molar-refractivity contribution in [2.45, 2.75) is 25.7 Å². The van der Waals surface area contributed by atoms with Gasteiger partial charge in [-0.3, -0.25) is 4.90 Å². The number of allylic oxidation sites excluding steroid dienone is 1. The van der Waals surface area contributed by atoms with Crippen LogP contribution in [0.2, 0.25) is 0 Å². The molecule has 0 amide bonds. The van der Waals surface area contributed by atoms with Crippen LogP contribution in [0.25, 0.3) is 11.1 Å². The molecule has 0 radical (unpaired) electrons. The first kappa shape index (κ1) is 28.2. The zero-order valence-corrected chi connectivity index (χ0v) is 22.8. The molecule has 2 aliphatic heterocycles. The van der Waals surface area contributed by atoms with Gasteiger partial charge in [0.15, 0.2) is 0 Å². The van der Waals surface area contributed by atoms with Gasteiger partial charge >= 0.3 is 0 Å². The van der Waals surface area contributed by atoms with Crippen LogP contribution in [-0.4, -0.2) is 61.1 Å². The van der Waals surface area contributed by atoms with Crippen molar-refractivity contribution in [3.8, 4) is 11.5 Å². The van der Waals surface area contributed by atoms with E-state index >= 15 is 0 Å². The highest BCUT2D eigenvalue weighted by Crippen LogP contribution is 2.37. The van der Waals surface area contributed by atoms with Gasteiger partial charge in [0, 0.05) is 26.2 Å². The summed E-state index contributed by atoms with van der Waals surface area (Å²) in [5.74, 6) is 1.12. The molecule has 1 unspecified atom stereocenters. The second kappa shape index (κ2) is 13.3. The third-order valence-corrected chi connectivity index (χ3v) is 7.83. The van der Waals surface area contributed by atoms with Crippen LogP contribution >= 0.6 is 12.4 Å². The highest BCUT2D eigenvalue weighted by atomic mass is 35.5. The first-order chi connectivity index (χ1) is 18.2. The molecule has 3 aromatic carbocycles. The lowest BCUT2D eigenvalue weighted by Gasteiger charge is -2.22. The number of ether oxygens (including phenoxy) is 1. The molecule has 5 rings (SSSR count). The Morgan fingerprint density at radius 1 is 0.895 bits per heavy atom. The Kier molecular flexibility index (Phi) is 9.86. The monoisotopic (exact) mass is 534 g/mol. The highest BCUT2D eigenvalue weighted by molar-refractivity contribution is 5.98. The Morgan fingerprint density at radius 2 is 1.61 bits per heavy atom. The van der Waals surface area contributed by atoms with Crippen LogP contribution in [0.3, 0.4) is 0 Å². The number of benzene rings is 3. The first-order valence-corrected chi connectivity index (χ1v) is 13.5. The van der Waals surface area contributed by atoms with Crippen molar-refractivity contribution in [2.24, 2.45) is 5.41 Å². The molecular formula is C32H39ClN2O3. The number of phenols is 1. The lowest BCUT2D eigenvalue weighted by atomic mass is 9.87. The van der Waals surface area contributed by atoms with Gasteiger partial charge in [-0.05, 0) is 96.3 Å². The molecule has 202 valence electrons. The van der Waals surface area contributed by atoms with Gasteiger partial charge < -0.3 is 20.3 Å². The molecule has 0 aromatic heterocycles. The van der Waals surface area contributed by atoms with E-state index in [9.17, 15) is 10.2 Å². The summed E-state index contributed by atoms with van der Waals surface area (Å²) in [6.07, 6.45) is 4.02. The van der Waals surface area contributed by atoms with Gasteiger partial charge in [0.25, 0.3) is 0 Å². The van der Waals surface area contributed by atoms with Gasteiger partial charge in [-0.25, -0.2) is 0 Å². The first-order valence-electron chi connectivity index (χ1n) is 13.5. The summed E-state index contributed by atoms with van der Waals surface area (Å²) in [7, 11) is 0. The van der Waals surface area contributed by atoms with E-state index in [1.165, 1.54) is 31.5 Å². The second-order valence-corrected chi connectivity index (χ2v) is 10.4. The van der Waals surface area contributed by atoms with E-state index in [0.717, 1.165) is 54.1 Å². The maximum atomic E-state index is 9.89. The number of aliphatic hydroxyl groups is 1. The summed E-state index contributed by atoms with van der Waals surface area (Å²) < 4.78 is 6.15. The molecule has 5 nitrogen and oxygen atoms in total. The Hall–Kier alpha value is -2.83. The standard InChI is InChI=1S/C32H38N2O3.ClH/c35-21-4-7-30(25-5-2-1-3-6-25)31(26-8-12-28(36)13-9-26)27-10-14-29(15-11-27)37-22-20-34-19-17-32(24-34)16-18-33-23-32;/h1-3,5-6,8-15,33,35-36H,4,7,16-24H2;1H/b31-30-;. The Labute approximate surface area is 232 Å². The number of aromatic hydroxyl groups is 1. The average molecular weight is 535 g/mol. The minimum absolute atomic E-state index is 0. The lowest BCUT2D eigenvalue weighted by molar-refractivity contribution is 0.217. The van der Waals surface area contributed by atoms with Crippen LogP contribution in [0.1, 0.15) is 42.4 Å². The average Bonchev–Trinajstić information content (AvgIpc) is 3.57. The van der Waals surface area contributed by atoms with E-state index in [4.69, 9.17) is 4.74 Å². The third-order valence-electron chi connectivity index (χ3n) is 7.83. The number of hydrogen-bond donors (Lipinski definition) is 3. The molecule has 0 saturated carbocycles. The molecule has 2 fully saturated rings. The van der Waals surface area contributed by atoms with Gasteiger partial charge in [-0.15, -0.1) is 12.4 Å². The minimum atomic E-state index is 0. The predicted molar refractivity (Wildman–Crippen MR) is 157 cm³/mol. The lowest BCUT2D eigenvalue weighted by Crippen LogP contribution is -2.31. The van der Waals surface area contributed by atoms with E-state index in [1.54, 1.807) is 12.1 Å². The zero-order chi connectivity index (χ0) is 25.5. The van der Waals surface area contributed by atoms with Gasteiger partial charge in [0.05, 0.1) is 0 Å². The fraction of sp³-hybridized carbons (Fsp3) is 0.375. The topological polar surface area (TPSA) is 65.0 Å². The van der Waals surface area contributed by atoms with Gasteiger partial charge in [0.1, 0.15) is 18.1 Å². The van der Waals surface area contributed by atoms with E-state index in [0.29, 0.717) is 18.4 Å². The molecule has 2 saturated heterocycles. The second-order valence-electron chi connectivity index (χ2n) is 10.4. The number of hydrogen-bond acceptors (Lipinski definition) is 5. The summed E-state index contributed by atoms with van der Waals surface area (Å²) in [6, 6.07) is 26.1. The fourth-order valence-electron chi connectivity index (χ4n) is 5.82. The molecule has 3 aromatic rings. The number of nitrogens with one attached hydrogen (secondary N) is 1. The minimum Gasteiger partial charge on any atom is -0.508 e. The van der Waals surface area contributed by atoms with Crippen LogP contribution in [0.4, 0.5) is 0 Å². The van der Waals surface area contributed by atoms with Crippen molar-refractivity contribution in [2.75, 3.05) is 45.9 Å². The summed E-state index contributed by atoms with van der Waals surface area (Å²) in [5, 5.41) is 23.0. The molecule has 0 bridgehead atoms. The fourth-order valence-corrected chi connectivity index (χ4v) is 5.82. The van der Waals surface area contributed by atoms with Crippen molar-refractivity contribution in [1.29, 1.82) is 0 Å².